The minimum atomic E-state index is -1.20. The molecule has 0 spiro atoms. The average Bonchev–Trinajstić information content (AvgIpc) is 3.22. The Bertz CT molecular complexity index is 757. The summed E-state index contributed by atoms with van der Waals surface area (Å²) in [6.45, 7) is 5.38. The Hall–Kier alpha value is -2.68. The predicted octanol–water partition coefficient (Wildman–Crippen LogP) is 0.403. The molecule has 1 fully saturated rings. The van der Waals surface area contributed by atoms with Crippen molar-refractivity contribution in [3.8, 4) is 0 Å². The predicted molar refractivity (Wildman–Crippen MR) is 99.3 cm³/mol. The van der Waals surface area contributed by atoms with Gasteiger partial charge in [0.1, 0.15) is 24.5 Å². The monoisotopic (exact) mass is 393 g/mol. The molecule has 0 radical (unpaired) electrons. The second-order valence-corrected chi connectivity index (χ2v) is 7.38. The third kappa shape index (κ3) is 4.78. The number of carbonyl (C=O) groups excluding carboxylic acids is 4. The van der Waals surface area contributed by atoms with Crippen molar-refractivity contribution in [2.24, 2.45) is 11.7 Å². The number of ether oxygens (including phenoxy) is 1. The van der Waals surface area contributed by atoms with Crippen LogP contribution in [0.3, 0.4) is 0 Å². The Balaban J connectivity index is 2.20. The van der Waals surface area contributed by atoms with Crippen molar-refractivity contribution in [3.05, 3.63) is 23.7 Å². The van der Waals surface area contributed by atoms with Crippen LogP contribution in [0.15, 0.2) is 16.7 Å². The first-order valence-electron chi connectivity index (χ1n) is 9.18. The van der Waals surface area contributed by atoms with Crippen molar-refractivity contribution in [1.82, 2.24) is 10.2 Å². The number of ketones is 1. The molecular formula is C19H27N3O6. The molecule has 2 rings (SSSR count). The normalized spacial score (nSPS) is 20.2. The number of nitrogens with two attached hydrogens (primary N) is 1. The zero-order chi connectivity index (χ0) is 21.0. The number of amides is 3. The van der Waals surface area contributed by atoms with Crippen LogP contribution in [0.4, 0.5) is 0 Å². The summed E-state index contributed by atoms with van der Waals surface area (Å²) in [5.41, 5.74) is 5.62. The van der Waals surface area contributed by atoms with Gasteiger partial charge in [0, 0.05) is 7.05 Å². The first-order valence-corrected chi connectivity index (χ1v) is 9.18. The number of hydrogen-bond acceptors (Lipinski definition) is 6. The van der Waals surface area contributed by atoms with Gasteiger partial charge in [0.25, 0.3) is 5.91 Å². The van der Waals surface area contributed by atoms with Gasteiger partial charge in [-0.1, -0.05) is 13.8 Å². The van der Waals surface area contributed by atoms with Gasteiger partial charge in [-0.2, -0.15) is 0 Å². The molecule has 2 heterocycles. The van der Waals surface area contributed by atoms with Crippen LogP contribution in [0.5, 0.6) is 0 Å². The van der Waals surface area contributed by atoms with Crippen LogP contribution in [0.25, 0.3) is 0 Å². The van der Waals surface area contributed by atoms with Gasteiger partial charge in [0.2, 0.25) is 11.8 Å². The topological polar surface area (TPSA) is 132 Å². The molecule has 28 heavy (non-hydrogen) atoms. The van der Waals surface area contributed by atoms with E-state index in [1.165, 1.54) is 19.4 Å². The molecule has 3 N–H and O–H groups in total. The highest BCUT2D eigenvalue weighted by Crippen LogP contribution is 2.19. The van der Waals surface area contributed by atoms with Crippen LogP contribution in [-0.2, 0) is 19.1 Å². The summed E-state index contributed by atoms with van der Waals surface area (Å²) < 4.78 is 10.3. The molecule has 2 unspecified atom stereocenters. The molecule has 1 aromatic rings. The van der Waals surface area contributed by atoms with Gasteiger partial charge < -0.3 is 25.1 Å². The van der Waals surface area contributed by atoms with Gasteiger partial charge in [-0.25, -0.2) is 0 Å². The summed E-state index contributed by atoms with van der Waals surface area (Å²) in [7, 11) is 1.41. The Kier molecular flexibility index (Phi) is 6.95. The first kappa shape index (κ1) is 21.6. The third-order valence-electron chi connectivity index (χ3n) is 4.81. The molecule has 9 nitrogen and oxygen atoms in total. The molecule has 3 atom stereocenters. The number of carbonyl (C=O) groups is 4. The van der Waals surface area contributed by atoms with Crippen molar-refractivity contribution in [2.45, 2.75) is 51.8 Å². The maximum Gasteiger partial charge on any atom is 0.255 e. The number of primary amides is 1. The molecular weight excluding hydrogens is 366 g/mol. The minimum absolute atomic E-state index is 0.285. The van der Waals surface area contributed by atoms with E-state index in [1.54, 1.807) is 6.92 Å². The highest BCUT2D eigenvalue weighted by molar-refractivity contribution is 6.01. The summed E-state index contributed by atoms with van der Waals surface area (Å²) >= 11 is 0. The fourth-order valence-corrected chi connectivity index (χ4v) is 3.17. The number of nitrogens with zero attached hydrogens (tertiary/aromatic N) is 1. The Morgan fingerprint density at radius 2 is 2.00 bits per heavy atom. The van der Waals surface area contributed by atoms with E-state index in [2.05, 4.69) is 5.32 Å². The van der Waals surface area contributed by atoms with E-state index in [0.29, 0.717) is 30.1 Å². The van der Waals surface area contributed by atoms with Crippen LogP contribution in [0.2, 0.25) is 0 Å². The van der Waals surface area contributed by atoms with E-state index >= 15 is 0 Å². The molecule has 1 saturated heterocycles. The Labute approximate surface area is 163 Å². The van der Waals surface area contributed by atoms with E-state index < -0.39 is 41.7 Å². The molecule has 154 valence electrons. The van der Waals surface area contributed by atoms with E-state index in [4.69, 9.17) is 14.9 Å². The van der Waals surface area contributed by atoms with Crippen LogP contribution >= 0.6 is 0 Å². The van der Waals surface area contributed by atoms with Crippen LogP contribution in [0, 0.1) is 12.8 Å². The van der Waals surface area contributed by atoms with E-state index in [9.17, 15) is 19.2 Å². The lowest BCUT2D eigenvalue weighted by Crippen LogP contribution is -2.56. The quantitative estimate of drug-likeness (QED) is 0.657. The summed E-state index contributed by atoms with van der Waals surface area (Å²) in [4.78, 5) is 50.5. The van der Waals surface area contributed by atoms with Crippen molar-refractivity contribution < 1.29 is 28.3 Å². The summed E-state index contributed by atoms with van der Waals surface area (Å²) in [6, 6.07) is -0.439. The molecule has 1 aromatic heterocycles. The fraction of sp³-hybridized carbons (Fsp3) is 0.579. The van der Waals surface area contributed by atoms with Gasteiger partial charge in [-0.3, -0.25) is 19.2 Å². The van der Waals surface area contributed by atoms with E-state index in [1.807, 2.05) is 13.8 Å². The van der Waals surface area contributed by atoms with E-state index in [-0.39, 0.29) is 6.61 Å². The van der Waals surface area contributed by atoms with Crippen molar-refractivity contribution >= 4 is 23.5 Å². The SMILES string of the molecule is Cc1occc1C(=O)N[C@@H](CCC(C)C)C(=O)N(C)C1C(=O)COC1C(N)=O. The lowest BCUT2D eigenvalue weighted by atomic mass is 10.00. The molecule has 1 aliphatic rings. The number of likely N-dealkylation sites (N-methyl/N-ethyl adjacent to an activating group) is 1. The number of aryl methyl sites for hydroxylation is 1. The summed E-state index contributed by atoms with van der Waals surface area (Å²) in [5.74, 6) is -1.39. The van der Waals surface area contributed by atoms with Gasteiger partial charge in [-0.15, -0.1) is 0 Å². The minimum Gasteiger partial charge on any atom is -0.469 e. The maximum atomic E-state index is 13.1. The number of nitrogens with one attached hydrogen (secondary N) is 1. The van der Waals surface area contributed by atoms with Gasteiger partial charge in [0.05, 0.1) is 11.8 Å². The van der Waals surface area contributed by atoms with Gasteiger partial charge in [0.15, 0.2) is 11.9 Å². The Morgan fingerprint density at radius 3 is 2.54 bits per heavy atom. The summed E-state index contributed by atoms with van der Waals surface area (Å²) in [5, 5.41) is 2.72. The molecule has 0 aromatic carbocycles. The van der Waals surface area contributed by atoms with Gasteiger partial charge >= 0.3 is 0 Å². The van der Waals surface area contributed by atoms with Crippen molar-refractivity contribution in [2.75, 3.05) is 13.7 Å². The summed E-state index contributed by atoms with van der Waals surface area (Å²) in [6.07, 6.45) is 1.27. The zero-order valence-corrected chi connectivity index (χ0v) is 16.6. The second-order valence-electron chi connectivity index (χ2n) is 7.38. The fourth-order valence-electron chi connectivity index (χ4n) is 3.17. The lowest BCUT2D eigenvalue weighted by Gasteiger charge is -2.30. The number of rotatable bonds is 8. The number of Topliss-reactive ketones (excluding diaryl/α,β-unsaturated/α-hetero) is 1. The van der Waals surface area contributed by atoms with Crippen LogP contribution in [-0.4, -0.2) is 60.2 Å². The second kappa shape index (κ2) is 9.01. The van der Waals surface area contributed by atoms with Gasteiger partial charge in [-0.05, 0) is 31.7 Å². The largest absolute Gasteiger partial charge is 0.469 e. The molecule has 1 aliphatic heterocycles. The van der Waals surface area contributed by atoms with Crippen LogP contribution < -0.4 is 11.1 Å². The number of furan rings is 1. The molecule has 3 amide bonds. The first-order chi connectivity index (χ1) is 13.1. The Morgan fingerprint density at radius 1 is 1.32 bits per heavy atom. The standard InChI is InChI=1S/C19H27N3O6/c1-10(2)5-6-13(21-18(25)12-7-8-27-11(12)3)19(26)22(4)15-14(23)9-28-16(15)17(20)24/h7-8,10,13,15-16H,5-6,9H2,1-4H3,(H2,20,24)(H,21,25)/t13-,15?,16?/m0/s1. The highest BCUT2D eigenvalue weighted by Gasteiger charge is 2.45. The molecule has 0 aliphatic carbocycles. The molecule has 9 heteroatoms. The molecule has 0 bridgehead atoms. The average molecular weight is 393 g/mol. The van der Waals surface area contributed by atoms with Crippen molar-refractivity contribution in [1.29, 1.82) is 0 Å². The highest BCUT2D eigenvalue weighted by atomic mass is 16.5. The zero-order valence-electron chi connectivity index (χ0n) is 16.6. The smallest absolute Gasteiger partial charge is 0.255 e. The van der Waals surface area contributed by atoms with Crippen molar-refractivity contribution in [3.63, 3.8) is 0 Å². The third-order valence-corrected chi connectivity index (χ3v) is 4.81. The van der Waals surface area contributed by atoms with E-state index in [0.717, 1.165) is 4.90 Å². The lowest BCUT2D eigenvalue weighted by molar-refractivity contribution is -0.141. The number of hydrogen-bond donors (Lipinski definition) is 2. The van der Waals surface area contributed by atoms with Crippen LogP contribution in [0.1, 0.15) is 42.8 Å². The molecule has 0 saturated carbocycles. The maximum absolute atomic E-state index is 13.1.